The molecule has 0 fully saturated rings. The van der Waals surface area contributed by atoms with Crippen LogP contribution >= 0.6 is 15.9 Å². The van der Waals surface area contributed by atoms with Crippen LogP contribution in [0.1, 0.15) is 15.9 Å². The third kappa shape index (κ3) is 4.55. The number of carbonyl (C=O) groups is 1. The number of halogens is 3. The number of ketones is 1. The Morgan fingerprint density at radius 1 is 1.25 bits per heavy atom. The molecule has 2 rings (SSSR count). The summed E-state index contributed by atoms with van der Waals surface area (Å²) in [6.45, 7) is -2.91. The Hall–Kier alpha value is -2.41. The van der Waals surface area contributed by atoms with E-state index in [1.54, 1.807) is 12.1 Å². The van der Waals surface area contributed by atoms with Crippen LogP contribution in [0.5, 0.6) is 17.2 Å². The molecule has 2 aromatic carbocycles. The molecule has 0 atom stereocenters. The van der Waals surface area contributed by atoms with E-state index in [9.17, 15) is 18.7 Å². The van der Waals surface area contributed by atoms with Crippen molar-refractivity contribution < 1.29 is 28.2 Å². The maximum absolute atomic E-state index is 12.1. The van der Waals surface area contributed by atoms with E-state index in [2.05, 4.69) is 20.7 Å². The molecule has 0 spiro atoms. The van der Waals surface area contributed by atoms with Crippen LogP contribution in [0.2, 0.25) is 0 Å². The van der Waals surface area contributed by atoms with Crippen LogP contribution < -0.4 is 9.47 Å². The number of hydrogen-bond donors (Lipinski definition) is 1. The third-order valence-corrected chi connectivity index (χ3v) is 3.76. The third-order valence-electron chi connectivity index (χ3n) is 3.08. The smallest absolute Gasteiger partial charge is 0.387 e. The van der Waals surface area contributed by atoms with Crippen molar-refractivity contribution in [2.45, 2.75) is 6.61 Å². The van der Waals surface area contributed by atoms with Crippen molar-refractivity contribution in [3.63, 3.8) is 0 Å². The second-order valence-corrected chi connectivity index (χ2v) is 5.50. The fraction of sp³-hybridized carbons (Fsp3) is 0.118. The monoisotopic (exact) mass is 398 g/mol. The Balaban J connectivity index is 2.15. The van der Waals surface area contributed by atoms with Crippen molar-refractivity contribution in [1.82, 2.24) is 0 Å². The van der Waals surface area contributed by atoms with Gasteiger partial charge in [0.15, 0.2) is 17.3 Å². The lowest BCUT2D eigenvalue weighted by Crippen LogP contribution is -2.02. The first-order valence-electron chi connectivity index (χ1n) is 6.74. The molecule has 7 heteroatoms. The van der Waals surface area contributed by atoms with Crippen molar-refractivity contribution in [3.05, 3.63) is 58.1 Å². The molecule has 0 aromatic heterocycles. The van der Waals surface area contributed by atoms with Crippen molar-refractivity contribution in [2.75, 3.05) is 7.11 Å². The van der Waals surface area contributed by atoms with Crippen LogP contribution in [0.3, 0.4) is 0 Å². The average Bonchev–Trinajstić information content (AvgIpc) is 2.54. The molecule has 0 unspecified atom stereocenters. The zero-order valence-electron chi connectivity index (χ0n) is 12.5. The molecular weight excluding hydrogens is 386 g/mol. The highest BCUT2D eigenvalue weighted by atomic mass is 79.9. The van der Waals surface area contributed by atoms with Crippen LogP contribution in [-0.2, 0) is 0 Å². The molecule has 0 aliphatic rings. The normalized spacial score (nSPS) is 11.0. The second kappa shape index (κ2) is 7.92. The first kappa shape index (κ1) is 17.9. The molecule has 0 heterocycles. The molecule has 0 saturated heterocycles. The van der Waals surface area contributed by atoms with E-state index in [4.69, 9.17) is 4.74 Å². The number of rotatable bonds is 6. The zero-order valence-corrected chi connectivity index (χ0v) is 14.1. The van der Waals surface area contributed by atoms with Gasteiger partial charge in [-0.05, 0) is 54.1 Å². The molecule has 0 aliphatic carbocycles. The molecular formula is C17H13BrF2O4. The summed E-state index contributed by atoms with van der Waals surface area (Å²) in [6, 6.07) is 8.43. The summed E-state index contributed by atoms with van der Waals surface area (Å²) in [5.41, 5.74) is 0.963. The van der Waals surface area contributed by atoms with Gasteiger partial charge >= 0.3 is 6.61 Å². The molecule has 0 saturated carbocycles. The minimum absolute atomic E-state index is 0.0171. The Labute approximate surface area is 145 Å². The van der Waals surface area contributed by atoms with Crippen LogP contribution in [-0.4, -0.2) is 24.6 Å². The average molecular weight is 399 g/mol. The highest BCUT2D eigenvalue weighted by Crippen LogP contribution is 2.33. The van der Waals surface area contributed by atoms with Gasteiger partial charge in [-0.15, -0.1) is 0 Å². The number of phenols is 1. The van der Waals surface area contributed by atoms with E-state index in [-0.39, 0.29) is 23.0 Å². The van der Waals surface area contributed by atoms with Crippen molar-refractivity contribution in [3.8, 4) is 17.2 Å². The second-order valence-electron chi connectivity index (χ2n) is 4.65. The number of ether oxygens (including phenoxy) is 2. The Kier molecular flexibility index (Phi) is 5.92. The molecule has 2 aromatic rings. The summed E-state index contributed by atoms with van der Waals surface area (Å²) < 4.78 is 34.0. The SMILES string of the molecule is COc1cc(C=CC(=O)c2ccc(OC(F)F)cc2)c(Br)cc1O. The topological polar surface area (TPSA) is 55.8 Å². The van der Waals surface area contributed by atoms with Crippen LogP contribution in [0.25, 0.3) is 6.08 Å². The lowest BCUT2D eigenvalue weighted by molar-refractivity contribution is -0.0498. The van der Waals surface area contributed by atoms with Gasteiger partial charge in [0.25, 0.3) is 0 Å². The van der Waals surface area contributed by atoms with Crippen LogP contribution in [0.4, 0.5) is 8.78 Å². The lowest BCUT2D eigenvalue weighted by atomic mass is 10.1. The maximum atomic E-state index is 12.1. The Morgan fingerprint density at radius 2 is 1.92 bits per heavy atom. The van der Waals surface area contributed by atoms with Gasteiger partial charge in [-0.2, -0.15) is 8.78 Å². The predicted octanol–water partition coefficient (Wildman–Crippen LogP) is 4.66. The maximum Gasteiger partial charge on any atom is 0.387 e. The molecule has 0 bridgehead atoms. The van der Waals surface area contributed by atoms with E-state index < -0.39 is 6.61 Å². The van der Waals surface area contributed by atoms with E-state index in [1.807, 2.05) is 0 Å². The Morgan fingerprint density at radius 3 is 2.50 bits per heavy atom. The minimum Gasteiger partial charge on any atom is -0.504 e. The number of phenolic OH excluding ortho intramolecular Hbond substituents is 1. The van der Waals surface area contributed by atoms with E-state index >= 15 is 0 Å². The van der Waals surface area contributed by atoms with Gasteiger partial charge in [0, 0.05) is 10.0 Å². The van der Waals surface area contributed by atoms with Gasteiger partial charge in [-0.3, -0.25) is 4.79 Å². The van der Waals surface area contributed by atoms with Crippen molar-refractivity contribution in [1.29, 1.82) is 0 Å². The van der Waals surface area contributed by atoms with Crippen LogP contribution in [0, 0.1) is 0 Å². The van der Waals surface area contributed by atoms with E-state index in [1.165, 1.54) is 43.5 Å². The fourth-order valence-electron chi connectivity index (χ4n) is 1.91. The minimum atomic E-state index is -2.91. The summed E-state index contributed by atoms with van der Waals surface area (Å²) in [5, 5.41) is 9.65. The number of hydrogen-bond acceptors (Lipinski definition) is 4. The zero-order chi connectivity index (χ0) is 17.7. The molecule has 1 N–H and O–H groups in total. The quantitative estimate of drug-likeness (QED) is 0.567. The molecule has 4 nitrogen and oxygen atoms in total. The summed E-state index contributed by atoms with van der Waals surface area (Å²) in [4.78, 5) is 12.1. The van der Waals surface area contributed by atoms with Crippen molar-refractivity contribution >= 4 is 27.8 Å². The molecule has 126 valence electrons. The van der Waals surface area contributed by atoms with E-state index in [0.29, 0.717) is 15.6 Å². The number of benzene rings is 2. The van der Waals surface area contributed by atoms with Gasteiger partial charge in [0.05, 0.1) is 7.11 Å². The summed E-state index contributed by atoms with van der Waals surface area (Å²) in [6.07, 6.45) is 2.89. The predicted molar refractivity (Wildman–Crippen MR) is 88.8 cm³/mol. The largest absolute Gasteiger partial charge is 0.504 e. The van der Waals surface area contributed by atoms with Crippen LogP contribution in [0.15, 0.2) is 46.9 Å². The lowest BCUT2D eigenvalue weighted by Gasteiger charge is -2.06. The van der Waals surface area contributed by atoms with Crippen molar-refractivity contribution in [2.24, 2.45) is 0 Å². The molecule has 0 aliphatic heterocycles. The summed E-state index contributed by atoms with van der Waals surface area (Å²) in [5.74, 6) is -0.0737. The molecule has 0 radical (unpaired) electrons. The van der Waals surface area contributed by atoms with Gasteiger partial charge in [-0.25, -0.2) is 0 Å². The first-order valence-corrected chi connectivity index (χ1v) is 7.54. The molecule has 24 heavy (non-hydrogen) atoms. The highest BCUT2D eigenvalue weighted by molar-refractivity contribution is 9.10. The van der Waals surface area contributed by atoms with Gasteiger partial charge in [-0.1, -0.05) is 15.9 Å². The highest BCUT2D eigenvalue weighted by Gasteiger charge is 2.08. The van der Waals surface area contributed by atoms with Gasteiger partial charge in [0.1, 0.15) is 5.75 Å². The van der Waals surface area contributed by atoms with Gasteiger partial charge < -0.3 is 14.6 Å². The number of allylic oxidation sites excluding steroid dienone is 1. The summed E-state index contributed by atoms with van der Waals surface area (Å²) >= 11 is 3.28. The first-order chi connectivity index (χ1) is 11.4. The fourth-order valence-corrected chi connectivity index (χ4v) is 2.38. The molecule has 0 amide bonds. The van der Waals surface area contributed by atoms with E-state index in [0.717, 1.165) is 0 Å². The number of methoxy groups -OCH3 is 1. The number of carbonyl (C=O) groups excluding carboxylic acids is 1. The summed E-state index contributed by atoms with van der Waals surface area (Å²) in [7, 11) is 1.42. The Bertz CT molecular complexity index is 758. The number of alkyl halides is 2. The number of aromatic hydroxyl groups is 1. The standard InChI is InChI=1S/C17H13BrF2O4/c1-23-16-8-11(13(18)9-15(16)22)4-7-14(21)10-2-5-12(6-3-10)24-17(19)20/h2-9,17,22H,1H3. The van der Waals surface area contributed by atoms with Gasteiger partial charge in [0.2, 0.25) is 0 Å².